The molecule has 0 aliphatic heterocycles. The molecule has 21 heavy (non-hydrogen) atoms. The summed E-state index contributed by atoms with van der Waals surface area (Å²) < 4.78 is 28.5. The smallest absolute Gasteiger partial charge is 0.308 e. The van der Waals surface area contributed by atoms with Crippen molar-refractivity contribution in [3.05, 3.63) is 29.8 Å². The zero-order valence-electron chi connectivity index (χ0n) is 11.4. The first-order valence-corrected chi connectivity index (χ1v) is 7.54. The molecule has 0 aliphatic rings. The number of carbonyl (C=O) groups is 2. The Balaban J connectivity index is 2.71. The molecule has 0 amide bonds. The lowest BCUT2D eigenvalue weighted by Crippen LogP contribution is -2.23. The Morgan fingerprint density at radius 3 is 2.24 bits per heavy atom. The molecule has 2 N–H and O–H groups in total. The monoisotopic (exact) mass is 316 g/mol. The van der Waals surface area contributed by atoms with Crippen LogP contribution in [0, 0.1) is 12.8 Å². The van der Waals surface area contributed by atoms with Crippen LogP contribution in [0.15, 0.2) is 29.2 Å². The molecular formula is C13H16O7S. The largest absolute Gasteiger partial charge is 0.481 e. The standard InChI is InChI=1S/C13H16O7S/c1-9-2-5-11(6-3-9)21(18,19)20-8-10(13(16)17)4-7-12(14)15/h2-3,5-6,10H,4,7-8H2,1H3,(H,14,15)(H,16,17). The molecule has 0 aliphatic carbocycles. The van der Waals surface area contributed by atoms with Crippen molar-refractivity contribution in [1.29, 1.82) is 0 Å². The van der Waals surface area contributed by atoms with Gasteiger partial charge in [0, 0.05) is 6.42 Å². The fourth-order valence-electron chi connectivity index (χ4n) is 1.52. The van der Waals surface area contributed by atoms with Crippen molar-refractivity contribution in [2.24, 2.45) is 5.92 Å². The third kappa shape index (κ3) is 5.52. The molecule has 0 aromatic heterocycles. The van der Waals surface area contributed by atoms with E-state index in [0.717, 1.165) is 5.56 Å². The molecule has 116 valence electrons. The van der Waals surface area contributed by atoms with Crippen molar-refractivity contribution >= 4 is 22.1 Å². The number of rotatable bonds is 8. The zero-order chi connectivity index (χ0) is 16.0. The maximum absolute atomic E-state index is 11.9. The first kappa shape index (κ1) is 17.1. The van der Waals surface area contributed by atoms with Crippen LogP contribution in [0.25, 0.3) is 0 Å². The second-order valence-corrected chi connectivity index (χ2v) is 6.13. The molecular weight excluding hydrogens is 300 g/mol. The van der Waals surface area contributed by atoms with Crippen LogP contribution in [0.3, 0.4) is 0 Å². The van der Waals surface area contributed by atoms with Crippen LogP contribution in [0.5, 0.6) is 0 Å². The average Bonchev–Trinajstić information content (AvgIpc) is 2.38. The van der Waals surface area contributed by atoms with Gasteiger partial charge in [0.15, 0.2) is 0 Å². The summed E-state index contributed by atoms with van der Waals surface area (Å²) in [4.78, 5) is 21.3. The summed E-state index contributed by atoms with van der Waals surface area (Å²) in [6.45, 7) is 1.20. The molecule has 0 spiro atoms. The fourth-order valence-corrected chi connectivity index (χ4v) is 2.47. The summed E-state index contributed by atoms with van der Waals surface area (Å²) in [5, 5.41) is 17.4. The zero-order valence-corrected chi connectivity index (χ0v) is 12.2. The molecule has 1 rings (SSSR count). The van der Waals surface area contributed by atoms with Gasteiger partial charge in [-0.1, -0.05) is 17.7 Å². The van der Waals surface area contributed by atoms with E-state index in [0.29, 0.717) is 0 Å². The number of aliphatic carboxylic acids is 2. The molecule has 1 unspecified atom stereocenters. The summed E-state index contributed by atoms with van der Waals surface area (Å²) >= 11 is 0. The lowest BCUT2D eigenvalue weighted by Gasteiger charge is -2.12. The van der Waals surface area contributed by atoms with Gasteiger partial charge < -0.3 is 10.2 Å². The molecule has 1 atom stereocenters. The van der Waals surface area contributed by atoms with E-state index in [-0.39, 0.29) is 17.7 Å². The lowest BCUT2D eigenvalue weighted by molar-refractivity contribution is -0.143. The number of benzene rings is 1. The summed E-state index contributed by atoms with van der Waals surface area (Å²) in [6, 6.07) is 5.90. The minimum Gasteiger partial charge on any atom is -0.481 e. The van der Waals surface area contributed by atoms with Crippen molar-refractivity contribution in [2.75, 3.05) is 6.61 Å². The molecule has 0 saturated carbocycles. The second kappa shape index (κ2) is 7.19. The van der Waals surface area contributed by atoms with Gasteiger partial charge in [0.25, 0.3) is 10.1 Å². The highest BCUT2D eigenvalue weighted by molar-refractivity contribution is 7.86. The fraction of sp³-hybridized carbons (Fsp3) is 0.385. The van der Waals surface area contributed by atoms with Gasteiger partial charge in [-0.15, -0.1) is 0 Å². The molecule has 0 fully saturated rings. The number of carboxylic acids is 2. The first-order chi connectivity index (χ1) is 9.72. The summed E-state index contributed by atoms with van der Waals surface area (Å²) in [5.41, 5.74) is 0.874. The summed E-state index contributed by atoms with van der Waals surface area (Å²) in [6.07, 6.45) is -0.570. The van der Waals surface area contributed by atoms with Crippen LogP contribution in [0.1, 0.15) is 18.4 Å². The minimum absolute atomic E-state index is 0.0736. The Morgan fingerprint density at radius 1 is 1.19 bits per heavy atom. The van der Waals surface area contributed by atoms with E-state index in [1.165, 1.54) is 12.1 Å². The van der Waals surface area contributed by atoms with Gasteiger partial charge in [0.1, 0.15) is 0 Å². The molecule has 1 aromatic rings. The maximum atomic E-state index is 11.9. The van der Waals surface area contributed by atoms with Crippen molar-refractivity contribution in [3.8, 4) is 0 Å². The van der Waals surface area contributed by atoms with Crippen molar-refractivity contribution in [3.63, 3.8) is 0 Å². The van der Waals surface area contributed by atoms with Gasteiger partial charge in [-0.2, -0.15) is 8.42 Å². The molecule has 8 heteroatoms. The third-order valence-corrected chi connectivity index (χ3v) is 4.09. The molecule has 1 aromatic carbocycles. The Labute approximate surface area is 122 Å². The van der Waals surface area contributed by atoms with Gasteiger partial charge in [0.05, 0.1) is 17.4 Å². The van der Waals surface area contributed by atoms with Gasteiger partial charge in [-0.05, 0) is 25.5 Å². The van der Waals surface area contributed by atoms with E-state index < -0.39 is 34.6 Å². The summed E-state index contributed by atoms with van der Waals surface area (Å²) in [5.74, 6) is -3.64. The third-order valence-electron chi connectivity index (χ3n) is 2.79. The Bertz CT molecular complexity index is 604. The van der Waals surface area contributed by atoms with Crippen molar-refractivity contribution < 1.29 is 32.4 Å². The number of hydrogen-bond acceptors (Lipinski definition) is 5. The van der Waals surface area contributed by atoms with E-state index in [2.05, 4.69) is 0 Å². The second-order valence-electron chi connectivity index (χ2n) is 4.52. The number of aryl methyl sites for hydroxylation is 1. The first-order valence-electron chi connectivity index (χ1n) is 6.13. The van der Waals surface area contributed by atoms with Gasteiger partial charge >= 0.3 is 11.9 Å². The van der Waals surface area contributed by atoms with Crippen LogP contribution in [-0.2, 0) is 23.9 Å². The van der Waals surface area contributed by atoms with Crippen LogP contribution in [0.2, 0.25) is 0 Å². The Kier molecular flexibility index (Phi) is 5.86. The van der Waals surface area contributed by atoms with E-state index in [1.807, 2.05) is 0 Å². The van der Waals surface area contributed by atoms with E-state index in [9.17, 15) is 18.0 Å². The van der Waals surface area contributed by atoms with Gasteiger partial charge in [-0.25, -0.2) is 0 Å². The SMILES string of the molecule is Cc1ccc(S(=O)(=O)OCC(CCC(=O)O)C(=O)O)cc1. The Hall–Kier alpha value is -1.93. The molecule has 0 radical (unpaired) electrons. The molecule has 7 nitrogen and oxygen atoms in total. The predicted molar refractivity (Wildman–Crippen MR) is 72.3 cm³/mol. The van der Waals surface area contributed by atoms with Crippen molar-refractivity contribution in [1.82, 2.24) is 0 Å². The van der Waals surface area contributed by atoms with Crippen LogP contribution < -0.4 is 0 Å². The van der Waals surface area contributed by atoms with E-state index in [1.54, 1.807) is 19.1 Å². The van der Waals surface area contributed by atoms with E-state index >= 15 is 0 Å². The van der Waals surface area contributed by atoms with Crippen molar-refractivity contribution in [2.45, 2.75) is 24.7 Å². The van der Waals surface area contributed by atoms with Crippen LogP contribution in [0.4, 0.5) is 0 Å². The minimum atomic E-state index is -4.05. The maximum Gasteiger partial charge on any atom is 0.308 e. The van der Waals surface area contributed by atoms with E-state index in [4.69, 9.17) is 14.4 Å². The quantitative estimate of drug-likeness (QED) is 0.693. The predicted octanol–water partition coefficient (Wildman–Crippen LogP) is 1.27. The van der Waals surface area contributed by atoms with Gasteiger partial charge in [-0.3, -0.25) is 13.8 Å². The van der Waals surface area contributed by atoms with Crippen LogP contribution in [-0.4, -0.2) is 37.2 Å². The molecule has 0 heterocycles. The van der Waals surface area contributed by atoms with Gasteiger partial charge in [0.2, 0.25) is 0 Å². The number of carboxylic acid groups (broad SMARTS) is 2. The van der Waals surface area contributed by atoms with Crippen LogP contribution >= 0.6 is 0 Å². The Morgan fingerprint density at radius 2 is 1.76 bits per heavy atom. The summed E-state index contributed by atoms with van der Waals surface area (Å²) in [7, 11) is -4.05. The normalized spacial score (nSPS) is 12.8. The highest BCUT2D eigenvalue weighted by Gasteiger charge is 2.23. The molecule has 0 saturated heterocycles. The highest BCUT2D eigenvalue weighted by atomic mass is 32.2. The average molecular weight is 316 g/mol. The highest BCUT2D eigenvalue weighted by Crippen LogP contribution is 2.16. The molecule has 0 bridgehead atoms. The number of hydrogen-bond donors (Lipinski definition) is 2. The lowest BCUT2D eigenvalue weighted by atomic mass is 10.1. The topological polar surface area (TPSA) is 118 Å².